The number of benzene rings is 1. The summed E-state index contributed by atoms with van der Waals surface area (Å²) in [6, 6.07) is 2.37. The van der Waals surface area contributed by atoms with Crippen molar-refractivity contribution in [3.8, 4) is 0 Å². The van der Waals surface area contributed by atoms with Gasteiger partial charge in [-0.3, -0.25) is 10.1 Å². The Hall–Kier alpha value is -2.15. The second-order valence-electron chi connectivity index (χ2n) is 5.33. The van der Waals surface area contributed by atoms with Crippen molar-refractivity contribution in [2.45, 2.75) is 39.2 Å². The Balaban J connectivity index is 3.11. The summed E-state index contributed by atoms with van der Waals surface area (Å²) in [5.41, 5.74) is -0.692. The van der Waals surface area contributed by atoms with Crippen LogP contribution in [0.2, 0.25) is 0 Å². The number of hydrogen-bond acceptors (Lipinski definition) is 5. The number of nitrogens with zero attached hydrogens (tertiary/aromatic N) is 1. The molecular weight excluding hydrogens is 276 g/mol. The maximum Gasteiger partial charge on any atom is 0.336 e. The predicted molar refractivity (Wildman–Crippen MR) is 78.8 cm³/mol. The van der Waals surface area contributed by atoms with Gasteiger partial charge in [0.05, 0.1) is 16.1 Å². The van der Waals surface area contributed by atoms with Gasteiger partial charge in [-0.05, 0) is 26.3 Å². The number of nitrogens with one attached hydrogen (secondary N) is 1. The summed E-state index contributed by atoms with van der Waals surface area (Å²) in [6.07, 6.45) is 1.36. The molecule has 0 aromatic heterocycles. The van der Waals surface area contributed by atoms with E-state index in [0.29, 0.717) is 17.7 Å². The maximum atomic E-state index is 11.0. The normalized spacial score (nSPS) is 13.5. The number of carboxylic acid groups (broad SMARTS) is 1. The molecule has 0 saturated carbocycles. The van der Waals surface area contributed by atoms with Gasteiger partial charge in [-0.1, -0.05) is 13.3 Å². The summed E-state index contributed by atoms with van der Waals surface area (Å²) in [4.78, 5) is 21.4. The molecule has 0 spiro atoms. The minimum absolute atomic E-state index is 0.162. The lowest BCUT2D eigenvalue weighted by atomic mass is 10.00. The van der Waals surface area contributed by atoms with Crippen LogP contribution in [0.1, 0.15) is 42.6 Å². The van der Waals surface area contributed by atoms with Gasteiger partial charge in [-0.25, -0.2) is 4.79 Å². The summed E-state index contributed by atoms with van der Waals surface area (Å²) in [5, 5.41) is 33.0. The minimum atomic E-state index is -1.23. The molecule has 7 nitrogen and oxygen atoms in total. The number of aromatic carboxylic acids is 1. The van der Waals surface area contributed by atoms with Crippen molar-refractivity contribution in [1.29, 1.82) is 0 Å². The number of anilines is 1. The zero-order valence-corrected chi connectivity index (χ0v) is 12.3. The average molecular weight is 296 g/mol. The first-order chi connectivity index (χ1) is 9.68. The quantitative estimate of drug-likeness (QED) is 0.526. The number of rotatable bonds is 7. The molecule has 0 aliphatic rings. The van der Waals surface area contributed by atoms with Crippen LogP contribution in [0.3, 0.4) is 0 Å². The van der Waals surface area contributed by atoms with Crippen LogP contribution in [-0.2, 0) is 0 Å². The van der Waals surface area contributed by atoms with E-state index in [4.69, 9.17) is 5.11 Å². The Bertz CT molecular complexity index is 555. The van der Waals surface area contributed by atoms with Gasteiger partial charge in [-0.2, -0.15) is 0 Å². The first-order valence-electron chi connectivity index (χ1n) is 6.66. The van der Waals surface area contributed by atoms with E-state index in [2.05, 4.69) is 5.32 Å². The van der Waals surface area contributed by atoms with E-state index >= 15 is 0 Å². The van der Waals surface area contributed by atoms with E-state index in [9.17, 15) is 20.0 Å². The highest BCUT2D eigenvalue weighted by Crippen LogP contribution is 2.28. The lowest BCUT2D eigenvalue weighted by Crippen LogP contribution is -2.33. The molecule has 0 amide bonds. The van der Waals surface area contributed by atoms with E-state index < -0.39 is 16.5 Å². The van der Waals surface area contributed by atoms with Crippen LogP contribution in [0.5, 0.6) is 0 Å². The van der Waals surface area contributed by atoms with Crippen LogP contribution in [-0.4, -0.2) is 33.3 Å². The van der Waals surface area contributed by atoms with Gasteiger partial charge in [0.25, 0.3) is 5.69 Å². The maximum absolute atomic E-state index is 11.0. The summed E-state index contributed by atoms with van der Waals surface area (Å²) < 4.78 is 0. The predicted octanol–water partition coefficient (Wildman–Crippen LogP) is 2.56. The van der Waals surface area contributed by atoms with Crippen LogP contribution >= 0.6 is 0 Å². The van der Waals surface area contributed by atoms with E-state index in [-0.39, 0.29) is 17.8 Å². The molecule has 116 valence electrons. The number of aliphatic hydroxyl groups is 1. The molecular formula is C14H20N2O5. The zero-order chi connectivity index (χ0) is 16.2. The summed E-state index contributed by atoms with van der Waals surface area (Å²) in [7, 11) is 0. The monoisotopic (exact) mass is 296 g/mol. The molecule has 0 radical (unpaired) electrons. The topological polar surface area (TPSA) is 113 Å². The Morgan fingerprint density at radius 3 is 2.57 bits per heavy atom. The van der Waals surface area contributed by atoms with Gasteiger partial charge in [0.15, 0.2) is 0 Å². The van der Waals surface area contributed by atoms with Crippen LogP contribution in [0.25, 0.3) is 0 Å². The van der Waals surface area contributed by atoms with Crippen molar-refractivity contribution in [2.24, 2.45) is 0 Å². The van der Waals surface area contributed by atoms with E-state index in [1.165, 1.54) is 6.07 Å². The Labute approximate surface area is 122 Å². The van der Waals surface area contributed by atoms with Gasteiger partial charge in [0.1, 0.15) is 0 Å². The van der Waals surface area contributed by atoms with Crippen molar-refractivity contribution >= 4 is 17.3 Å². The molecule has 0 aliphatic heterocycles. The fourth-order valence-corrected chi connectivity index (χ4v) is 2.11. The molecule has 0 aliphatic carbocycles. The zero-order valence-electron chi connectivity index (χ0n) is 12.3. The first-order valence-corrected chi connectivity index (χ1v) is 6.66. The third-order valence-electron chi connectivity index (χ3n) is 3.27. The number of carbonyl (C=O) groups is 1. The molecule has 1 aromatic carbocycles. The largest absolute Gasteiger partial charge is 0.478 e. The van der Waals surface area contributed by atoms with Crippen molar-refractivity contribution in [3.63, 3.8) is 0 Å². The number of nitro benzene ring substituents is 1. The molecule has 1 aromatic rings. The van der Waals surface area contributed by atoms with E-state index in [1.807, 2.05) is 6.92 Å². The van der Waals surface area contributed by atoms with Crippen LogP contribution in [0.15, 0.2) is 12.1 Å². The number of nitro groups is 1. The second kappa shape index (κ2) is 6.53. The fraction of sp³-hybridized carbons (Fsp3) is 0.500. The average Bonchev–Trinajstić information content (AvgIpc) is 2.36. The van der Waals surface area contributed by atoms with Crippen LogP contribution in [0, 0.1) is 17.0 Å². The Morgan fingerprint density at radius 1 is 1.48 bits per heavy atom. The highest BCUT2D eigenvalue weighted by atomic mass is 16.6. The molecule has 0 fully saturated rings. The standard InChI is InChI=1S/C14H20N2O5/c1-4-5-14(3,19)8-15-11-6-10(13(17)18)7-12(9(11)2)16(20)21/h6-7,15,19H,4-5,8H2,1-3H3,(H,17,18). The van der Waals surface area contributed by atoms with Crippen LogP contribution in [0.4, 0.5) is 11.4 Å². The van der Waals surface area contributed by atoms with Gasteiger partial charge >= 0.3 is 5.97 Å². The molecule has 21 heavy (non-hydrogen) atoms. The molecule has 7 heteroatoms. The van der Waals surface area contributed by atoms with Gasteiger partial charge in [0, 0.05) is 23.9 Å². The van der Waals surface area contributed by atoms with Crippen molar-refractivity contribution in [2.75, 3.05) is 11.9 Å². The highest BCUT2D eigenvalue weighted by molar-refractivity contribution is 5.90. The SMILES string of the molecule is CCCC(C)(O)CNc1cc(C(=O)O)cc([N+](=O)[O-])c1C. The highest BCUT2D eigenvalue weighted by Gasteiger charge is 2.22. The smallest absolute Gasteiger partial charge is 0.336 e. The van der Waals surface area contributed by atoms with Crippen molar-refractivity contribution < 1.29 is 19.9 Å². The molecule has 1 unspecified atom stereocenters. The fourth-order valence-electron chi connectivity index (χ4n) is 2.11. The summed E-state index contributed by atoms with van der Waals surface area (Å²) >= 11 is 0. The Morgan fingerprint density at radius 2 is 2.10 bits per heavy atom. The van der Waals surface area contributed by atoms with Crippen LogP contribution < -0.4 is 5.32 Å². The first kappa shape index (κ1) is 16.9. The molecule has 3 N–H and O–H groups in total. The van der Waals surface area contributed by atoms with Gasteiger partial charge in [-0.15, -0.1) is 0 Å². The lowest BCUT2D eigenvalue weighted by Gasteiger charge is -2.24. The molecule has 0 heterocycles. The van der Waals surface area contributed by atoms with Gasteiger partial charge in [0.2, 0.25) is 0 Å². The minimum Gasteiger partial charge on any atom is -0.478 e. The third-order valence-corrected chi connectivity index (χ3v) is 3.27. The van der Waals surface area contributed by atoms with Crippen molar-refractivity contribution in [3.05, 3.63) is 33.4 Å². The molecule has 0 saturated heterocycles. The third kappa shape index (κ3) is 4.42. The summed E-state index contributed by atoms with van der Waals surface area (Å²) in [6.45, 7) is 5.33. The molecule has 0 bridgehead atoms. The number of carboxylic acids is 1. The Kier molecular flexibility index (Phi) is 5.26. The number of hydrogen-bond donors (Lipinski definition) is 3. The van der Waals surface area contributed by atoms with Crippen molar-refractivity contribution in [1.82, 2.24) is 0 Å². The van der Waals surface area contributed by atoms with E-state index in [1.54, 1.807) is 13.8 Å². The summed E-state index contributed by atoms with van der Waals surface area (Å²) in [5.74, 6) is -1.23. The van der Waals surface area contributed by atoms with E-state index in [0.717, 1.165) is 12.5 Å². The molecule has 1 atom stereocenters. The second-order valence-corrected chi connectivity index (χ2v) is 5.33. The van der Waals surface area contributed by atoms with Gasteiger partial charge < -0.3 is 15.5 Å². The molecule has 1 rings (SSSR count). The lowest BCUT2D eigenvalue weighted by molar-refractivity contribution is -0.385.